The van der Waals surface area contributed by atoms with Crippen molar-refractivity contribution < 1.29 is 9.18 Å². The Labute approximate surface area is 140 Å². The van der Waals surface area contributed by atoms with Gasteiger partial charge in [0.25, 0.3) is 0 Å². The first-order valence-electron chi connectivity index (χ1n) is 7.96. The molecule has 1 saturated heterocycles. The summed E-state index contributed by atoms with van der Waals surface area (Å²) in [6.45, 7) is 3.24. The van der Waals surface area contributed by atoms with Crippen molar-refractivity contribution in [3.05, 3.63) is 42.2 Å². The van der Waals surface area contributed by atoms with E-state index in [2.05, 4.69) is 20.4 Å². The monoisotopic (exact) mass is 329 g/mol. The summed E-state index contributed by atoms with van der Waals surface area (Å²) in [4.78, 5) is 16.3. The molecule has 0 unspecified atom stereocenters. The minimum Gasteiger partial charge on any atom is -0.323 e. The van der Waals surface area contributed by atoms with E-state index in [9.17, 15) is 9.18 Å². The third-order valence-electron chi connectivity index (χ3n) is 4.06. The molecule has 1 aromatic carbocycles. The van der Waals surface area contributed by atoms with Crippen molar-refractivity contribution >= 4 is 11.8 Å². The fourth-order valence-corrected chi connectivity index (χ4v) is 2.65. The summed E-state index contributed by atoms with van der Waals surface area (Å²) in [6, 6.07) is 9.49. The van der Waals surface area contributed by atoms with E-state index >= 15 is 0 Å². The maximum Gasteiger partial charge on any atom is 0.323 e. The molecule has 1 N–H and O–H groups in total. The van der Waals surface area contributed by atoms with Gasteiger partial charge in [-0.1, -0.05) is 12.1 Å². The van der Waals surface area contributed by atoms with Gasteiger partial charge in [0.1, 0.15) is 5.82 Å². The molecule has 1 aliphatic rings. The van der Waals surface area contributed by atoms with Gasteiger partial charge in [0, 0.05) is 25.2 Å². The molecule has 24 heavy (non-hydrogen) atoms. The summed E-state index contributed by atoms with van der Waals surface area (Å²) in [6.07, 6.45) is 0.946. The number of benzene rings is 1. The molecule has 0 radical (unpaired) electrons. The average Bonchev–Trinajstić information content (AvgIpc) is 2.81. The van der Waals surface area contributed by atoms with Crippen molar-refractivity contribution in [3.63, 3.8) is 0 Å². The van der Waals surface area contributed by atoms with Crippen LogP contribution in [0.3, 0.4) is 0 Å². The zero-order valence-corrected chi connectivity index (χ0v) is 13.6. The molecule has 1 aliphatic heterocycles. The number of anilines is 1. The highest BCUT2D eigenvalue weighted by molar-refractivity contribution is 5.88. The molecule has 0 bridgehead atoms. The Morgan fingerprint density at radius 2 is 1.92 bits per heavy atom. The first-order valence-corrected chi connectivity index (χ1v) is 7.96. The number of likely N-dealkylation sites (N-methyl/N-ethyl adjacent to an activating group) is 1. The van der Waals surface area contributed by atoms with E-state index in [1.54, 1.807) is 35.2 Å². The van der Waals surface area contributed by atoms with Crippen molar-refractivity contribution in [2.24, 2.45) is 0 Å². The predicted octanol–water partition coefficient (Wildman–Crippen LogP) is 2.45. The molecule has 3 rings (SSSR count). The van der Waals surface area contributed by atoms with Crippen LogP contribution in [0.4, 0.5) is 15.0 Å². The number of rotatable bonds is 2. The molecule has 6 nitrogen and oxygen atoms in total. The molecule has 2 heterocycles. The molecule has 2 aromatic rings. The van der Waals surface area contributed by atoms with Crippen LogP contribution < -0.4 is 5.32 Å². The fourth-order valence-electron chi connectivity index (χ4n) is 2.65. The minimum absolute atomic E-state index is 0.182. The second-order valence-electron chi connectivity index (χ2n) is 5.86. The quantitative estimate of drug-likeness (QED) is 0.919. The topological polar surface area (TPSA) is 61.4 Å². The van der Waals surface area contributed by atoms with Gasteiger partial charge >= 0.3 is 6.03 Å². The molecule has 0 atom stereocenters. The molecule has 126 valence electrons. The van der Waals surface area contributed by atoms with Gasteiger partial charge in [-0.3, -0.25) is 5.32 Å². The number of aromatic nitrogens is 2. The second kappa shape index (κ2) is 7.35. The Morgan fingerprint density at radius 3 is 2.67 bits per heavy atom. The highest BCUT2D eigenvalue weighted by atomic mass is 19.1. The summed E-state index contributed by atoms with van der Waals surface area (Å²) < 4.78 is 13.8. The number of nitrogens with zero attached hydrogens (tertiary/aromatic N) is 4. The lowest BCUT2D eigenvalue weighted by molar-refractivity contribution is 0.213. The first-order chi connectivity index (χ1) is 11.6. The molecule has 0 aliphatic carbocycles. The Kier molecular flexibility index (Phi) is 5.00. The molecule has 7 heteroatoms. The van der Waals surface area contributed by atoms with E-state index in [0.29, 0.717) is 23.6 Å². The van der Waals surface area contributed by atoms with Gasteiger partial charge in [-0.25, -0.2) is 9.18 Å². The van der Waals surface area contributed by atoms with Crippen molar-refractivity contribution in [2.45, 2.75) is 6.42 Å². The molecule has 1 fully saturated rings. The number of nitrogens with one attached hydrogen (secondary N) is 1. The second-order valence-corrected chi connectivity index (χ2v) is 5.86. The number of urea groups is 1. The molecule has 0 spiro atoms. The number of amides is 2. The number of carbonyl (C=O) groups excluding carboxylic acids is 1. The Bertz CT molecular complexity index is 706. The Morgan fingerprint density at radius 1 is 1.08 bits per heavy atom. The lowest BCUT2D eigenvalue weighted by atomic mass is 10.1. The highest BCUT2D eigenvalue weighted by Gasteiger charge is 2.18. The van der Waals surface area contributed by atoms with Gasteiger partial charge in [0.05, 0.1) is 5.69 Å². The number of hydrogen-bond acceptors (Lipinski definition) is 4. The SMILES string of the molecule is CN1CCCN(C(=O)Nc2ccc(-c3ccccc3F)nn2)CC1. The van der Waals surface area contributed by atoms with Crippen LogP contribution in [-0.4, -0.2) is 59.3 Å². The summed E-state index contributed by atoms with van der Waals surface area (Å²) in [5, 5.41) is 10.7. The summed E-state index contributed by atoms with van der Waals surface area (Å²) in [5.41, 5.74) is 0.820. The van der Waals surface area contributed by atoms with E-state index < -0.39 is 0 Å². The van der Waals surface area contributed by atoms with Crippen molar-refractivity contribution in [2.75, 3.05) is 38.5 Å². The maximum absolute atomic E-state index is 13.8. The number of hydrogen-bond donors (Lipinski definition) is 1. The molecular formula is C17H20FN5O. The van der Waals surface area contributed by atoms with Crippen LogP contribution in [0.25, 0.3) is 11.3 Å². The summed E-state index contributed by atoms with van der Waals surface area (Å²) >= 11 is 0. The van der Waals surface area contributed by atoms with Gasteiger partial charge in [-0.15, -0.1) is 10.2 Å². The number of halogens is 1. The third-order valence-corrected chi connectivity index (χ3v) is 4.06. The van der Waals surface area contributed by atoms with E-state index in [0.717, 1.165) is 26.1 Å². The zero-order chi connectivity index (χ0) is 16.9. The van der Waals surface area contributed by atoms with E-state index in [-0.39, 0.29) is 11.8 Å². The Balaban J connectivity index is 1.66. The molecule has 0 saturated carbocycles. The van der Waals surface area contributed by atoms with Crippen molar-refractivity contribution in [1.82, 2.24) is 20.0 Å². The molecule has 2 amide bonds. The smallest absolute Gasteiger partial charge is 0.323 e. The fraction of sp³-hybridized carbons (Fsp3) is 0.353. The summed E-state index contributed by atoms with van der Waals surface area (Å²) in [5.74, 6) is 0.00922. The standard InChI is InChI=1S/C17H20FN5O/c1-22-9-4-10-23(12-11-22)17(24)19-16-8-7-15(20-21-16)13-5-2-3-6-14(13)18/h2-3,5-8H,4,9-12H2,1H3,(H,19,21,24). The van der Waals surface area contributed by atoms with Crippen LogP contribution in [-0.2, 0) is 0 Å². The van der Waals surface area contributed by atoms with Crippen LogP contribution in [0.2, 0.25) is 0 Å². The van der Waals surface area contributed by atoms with Crippen LogP contribution in [0.1, 0.15) is 6.42 Å². The normalized spacial score (nSPS) is 15.8. The van der Waals surface area contributed by atoms with Gasteiger partial charge < -0.3 is 9.80 Å². The van der Waals surface area contributed by atoms with Crippen molar-refractivity contribution in [1.29, 1.82) is 0 Å². The minimum atomic E-state index is -0.350. The lowest BCUT2D eigenvalue weighted by Gasteiger charge is -2.20. The molecular weight excluding hydrogens is 309 g/mol. The Hall–Kier alpha value is -2.54. The predicted molar refractivity (Wildman–Crippen MR) is 90.1 cm³/mol. The zero-order valence-electron chi connectivity index (χ0n) is 13.6. The van der Waals surface area contributed by atoms with Crippen molar-refractivity contribution in [3.8, 4) is 11.3 Å². The first kappa shape index (κ1) is 16.3. The van der Waals surface area contributed by atoms with Crippen LogP contribution >= 0.6 is 0 Å². The van der Waals surface area contributed by atoms with E-state index in [1.807, 2.05) is 7.05 Å². The van der Waals surface area contributed by atoms with E-state index in [4.69, 9.17) is 0 Å². The number of carbonyl (C=O) groups is 1. The van der Waals surface area contributed by atoms with Gasteiger partial charge in [0.15, 0.2) is 5.82 Å². The largest absolute Gasteiger partial charge is 0.323 e. The van der Waals surface area contributed by atoms with Gasteiger partial charge in [0.2, 0.25) is 0 Å². The van der Waals surface area contributed by atoms with Gasteiger partial charge in [-0.05, 0) is 44.3 Å². The highest BCUT2D eigenvalue weighted by Crippen LogP contribution is 2.20. The van der Waals surface area contributed by atoms with Crippen LogP contribution in [0.5, 0.6) is 0 Å². The lowest BCUT2D eigenvalue weighted by Crippen LogP contribution is -2.37. The van der Waals surface area contributed by atoms with Crippen LogP contribution in [0, 0.1) is 5.82 Å². The third kappa shape index (κ3) is 3.86. The van der Waals surface area contributed by atoms with Crippen LogP contribution in [0.15, 0.2) is 36.4 Å². The maximum atomic E-state index is 13.8. The van der Waals surface area contributed by atoms with Gasteiger partial charge in [-0.2, -0.15) is 0 Å². The van der Waals surface area contributed by atoms with E-state index in [1.165, 1.54) is 6.07 Å². The molecule has 1 aromatic heterocycles. The average molecular weight is 329 g/mol. The summed E-state index contributed by atoms with van der Waals surface area (Å²) in [7, 11) is 2.05.